The standard InChI is InChI=1S/C10H18N2O3.ClH/c1-4-10(13)15-8(2)12(3)9-7-11-5-6-14-9;/h4,8-9,11H,1,5-7H2,2-3H3;1H. The number of morpholine rings is 1. The molecule has 6 heteroatoms. The lowest BCUT2D eigenvalue weighted by Gasteiger charge is -2.34. The van der Waals surface area contributed by atoms with Crippen molar-refractivity contribution in [3.05, 3.63) is 12.7 Å². The largest absolute Gasteiger partial charge is 0.443 e. The quantitative estimate of drug-likeness (QED) is 0.444. The summed E-state index contributed by atoms with van der Waals surface area (Å²) in [7, 11) is 1.86. The van der Waals surface area contributed by atoms with Crippen molar-refractivity contribution in [2.24, 2.45) is 0 Å². The molecule has 2 atom stereocenters. The number of hydrogen-bond acceptors (Lipinski definition) is 5. The Hall–Kier alpha value is -0.620. The van der Waals surface area contributed by atoms with Gasteiger partial charge in [-0.2, -0.15) is 0 Å². The normalized spacial score (nSPS) is 22.1. The summed E-state index contributed by atoms with van der Waals surface area (Å²) >= 11 is 0. The van der Waals surface area contributed by atoms with Crippen LogP contribution < -0.4 is 5.32 Å². The first-order valence-corrected chi connectivity index (χ1v) is 5.02. The Morgan fingerprint density at radius 3 is 2.94 bits per heavy atom. The van der Waals surface area contributed by atoms with Crippen molar-refractivity contribution in [1.82, 2.24) is 10.2 Å². The third kappa shape index (κ3) is 4.49. The van der Waals surface area contributed by atoms with Crippen LogP contribution in [0.4, 0.5) is 0 Å². The molecule has 0 radical (unpaired) electrons. The van der Waals surface area contributed by atoms with Gasteiger partial charge in [0.1, 0.15) is 6.23 Å². The zero-order chi connectivity index (χ0) is 11.3. The van der Waals surface area contributed by atoms with Crippen molar-refractivity contribution in [2.45, 2.75) is 19.4 Å². The summed E-state index contributed by atoms with van der Waals surface area (Å²) < 4.78 is 10.6. The predicted octanol–water partition coefficient (Wildman–Crippen LogP) is 0.361. The van der Waals surface area contributed by atoms with Crippen LogP contribution in [0.2, 0.25) is 0 Å². The molecule has 0 amide bonds. The van der Waals surface area contributed by atoms with Crippen LogP contribution in [0, 0.1) is 0 Å². The molecule has 0 bridgehead atoms. The molecule has 94 valence electrons. The first-order valence-electron chi connectivity index (χ1n) is 5.02. The zero-order valence-electron chi connectivity index (χ0n) is 9.64. The molecule has 5 nitrogen and oxygen atoms in total. The van der Waals surface area contributed by atoms with Crippen LogP contribution in [-0.2, 0) is 14.3 Å². The van der Waals surface area contributed by atoms with Gasteiger partial charge in [0.25, 0.3) is 0 Å². The second-order valence-electron chi connectivity index (χ2n) is 3.44. The van der Waals surface area contributed by atoms with Gasteiger partial charge in [-0.1, -0.05) is 6.58 Å². The summed E-state index contributed by atoms with van der Waals surface area (Å²) in [6.45, 7) is 7.44. The average molecular weight is 251 g/mol. The van der Waals surface area contributed by atoms with Gasteiger partial charge in [0.05, 0.1) is 6.61 Å². The number of halogens is 1. The number of nitrogens with zero attached hydrogens (tertiary/aromatic N) is 1. The van der Waals surface area contributed by atoms with E-state index in [0.717, 1.165) is 19.2 Å². The molecule has 16 heavy (non-hydrogen) atoms. The molecule has 2 unspecified atom stereocenters. The molecule has 0 aliphatic carbocycles. The van der Waals surface area contributed by atoms with Crippen molar-refractivity contribution in [3.8, 4) is 0 Å². The van der Waals surface area contributed by atoms with E-state index in [-0.39, 0.29) is 24.9 Å². The van der Waals surface area contributed by atoms with Crippen molar-refractivity contribution in [1.29, 1.82) is 0 Å². The van der Waals surface area contributed by atoms with Crippen LogP contribution in [0.25, 0.3) is 0 Å². The number of hydrogen-bond donors (Lipinski definition) is 1. The first-order chi connectivity index (χ1) is 7.15. The molecule has 1 rings (SSSR count). The molecule has 1 aliphatic rings. The monoisotopic (exact) mass is 250 g/mol. The van der Waals surface area contributed by atoms with E-state index in [0.29, 0.717) is 6.61 Å². The summed E-state index contributed by atoms with van der Waals surface area (Å²) in [6.07, 6.45) is 0.788. The van der Waals surface area contributed by atoms with Gasteiger partial charge < -0.3 is 14.8 Å². The molecule has 0 aromatic heterocycles. The Morgan fingerprint density at radius 2 is 2.44 bits per heavy atom. The van der Waals surface area contributed by atoms with E-state index in [4.69, 9.17) is 9.47 Å². The second-order valence-corrected chi connectivity index (χ2v) is 3.44. The minimum Gasteiger partial charge on any atom is -0.443 e. The van der Waals surface area contributed by atoms with Crippen molar-refractivity contribution < 1.29 is 14.3 Å². The third-order valence-corrected chi connectivity index (χ3v) is 2.39. The highest BCUT2D eigenvalue weighted by Gasteiger charge is 2.23. The molecule has 0 saturated carbocycles. The smallest absolute Gasteiger partial charge is 0.331 e. The van der Waals surface area contributed by atoms with E-state index in [1.807, 2.05) is 11.9 Å². The second kappa shape index (κ2) is 7.62. The summed E-state index contributed by atoms with van der Waals surface area (Å²) in [5, 5.41) is 3.21. The Bertz CT molecular complexity index is 232. The number of esters is 1. The fourth-order valence-corrected chi connectivity index (χ4v) is 1.35. The Kier molecular flexibility index (Phi) is 7.33. The van der Waals surface area contributed by atoms with Gasteiger partial charge >= 0.3 is 5.97 Å². The highest BCUT2D eigenvalue weighted by Crippen LogP contribution is 2.07. The number of ether oxygens (including phenoxy) is 2. The molecule has 1 aliphatic heterocycles. The lowest BCUT2D eigenvalue weighted by Crippen LogP contribution is -2.51. The minimum atomic E-state index is -0.418. The topological polar surface area (TPSA) is 50.8 Å². The molecule has 0 spiro atoms. The summed E-state index contributed by atoms with van der Waals surface area (Å²) in [6, 6.07) is 0. The maximum absolute atomic E-state index is 11.0. The van der Waals surface area contributed by atoms with Crippen molar-refractivity contribution in [2.75, 3.05) is 26.7 Å². The lowest BCUT2D eigenvalue weighted by molar-refractivity contribution is -0.167. The van der Waals surface area contributed by atoms with Crippen LogP contribution in [0.5, 0.6) is 0 Å². The number of carbonyl (C=O) groups excluding carboxylic acids is 1. The first kappa shape index (κ1) is 15.4. The van der Waals surface area contributed by atoms with E-state index >= 15 is 0 Å². The lowest BCUT2D eigenvalue weighted by atomic mass is 10.4. The molecule has 1 fully saturated rings. The van der Waals surface area contributed by atoms with Crippen LogP contribution in [0.1, 0.15) is 6.92 Å². The number of rotatable bonds is 4. The van der Waals surface area contributed by atoms with Gasteiger partial charge in [0.2, 0.25) is 0 Å². The summed E-state index contributed by atoms with van der Waals surface area (Å²) in [5.41, 5.74) is 0. The van der Waals surface area contributed by atoms with Gasteiger partial charge in [-0.05, 0) is 14.0 Å². The maximum Gasteiger partial charge on any atom is 0.331 e. The predicted molar refractivity (Wildman–Crippen MR) is 63.4 cm³/mol. The Labute approximate surface area is 102 Å². The zero-order valence-corrected chi connectivity index (χ0v) is 10.5. The number of carbonyl (C=O) groups is 1. The van der Waals surface area contributed by atoms with Crippen LogP contribution in [0.3, 0.4) is 0 Å². The van der Waals surface area contributed by atoms with Crippen LogP contribution >= 0.6 is 12.4 Å². The average Bonchev–Trinajstić information content (AvgIpc) is 2.29. The van der Waals surface area contributed by atoms with Crippen LogP contribution in [0.15, 0.2) is 12.7 Å². The van der Waals surface area contributed by atoms with Crippen molar-refractivity contribution >= 4 is 18.4 Å². The third-order valence-electron chi connectivity index (χ3n) is 2.39. The van der Waals surface area contributed by atoms with E-state index < -0.39 is 5.97 Å². The number of likely N-dealkylation sites (N-methyl/N-ethyl adjacent to an activating group) is 1. The Morgan fingerprint density at radius 1 is 1.75 bits per heavy atom. The van der Waals surface area contributed by atoms with Gasteiger partial charge in [-0.25, -0.2) is 9.69 Å². The van der Waals surface area contributed by atoms with E-state index in [9.17, 15) is 4.79 Å². The molecule has 1 saturated heterocycles. The number of nitrogens with one attached hydrogen (secondary N) is 1. The fraction of sp³-hybridized carbons (Fsp3) is 0.700. The minimum absolute atomic E-state index is 0. The highest BCUT2D eigenvalue weighted by molar-refractivity contribution is 5.85. The van der Waals surface area contributed by atoms with Gasteiger partial charge in [0, 0.05) is 19.2 Å². The molecule has 1 heterocycles. The summed E-state index contributed by atoms with van der Waals surface area (Å²) in [5.74, 6) is -0.418. The summed E-state index contributed by atoms with van der Waals surface area (Å²) in [4.78, 5) is 12.9. The van der Waals surface area contributed by atoms with Crippen molar-refractivity contribution in [3.63, 3.8) is 0 Å². The van der Waals surface area contributed by atoms with E-state index in [2.05, 4.69) is 11.9 Å². The maximum atomic E-state index is 11.0. The molecule has 0 aromatic rings. The van der Waals surface area contributed by atoms with Gasteiger partial charge in [-0.15, -0.1) is 12.4 Å². The Balaban J connectivity index is 0.00000225. The van der Waals surface area contributed by atoms with Gasteiger partial charge in [0.15, 0.2) is 6.23 Å². The van der Waals surface area contributed by atoms with E-state index in [1.54, 1.807) is 6.92 Å². The highest BCUT2D eigenvalue weighted by atomic mass is 35.5. The SMILES string of the molecule is C=CC(=O)OC(C)N(C)C1CNCCO1.Cl. The molecule has 1 N–H and O–H groups in total. The van der Waals surface area contributed by atoms with E-state index in [1.165, 1.54) is 0 Å². The molecular weight excluding hydrogens is 232 g/mol. The molecule has 0 aromatic carbocycles. The van der Waals surface area contributed by atoms with Crippen LogP contribution in [-0.4, -0.2) is 50.1 Å². The fourth-order valence-electron chi connectivity index (χ4n) is 1.35. The van der Waals surface area contributed by atoms with Gasteiger partial charge in [-0.3, -0.25) is 0 Å². The molecular formula is C10H19ClN2O3.